The Morgan fingerprint density at radius 2 is 2.00 bits per heavy atom. The normalized spacial score (nSPS) is 13.7. The minimum atomic E-state index is 0.0518. The largest absolute Gasteiger partial charge is 0.486 e. The van der Waals surface area contributed by atoms with Crippen LogP contribution in [0.1, 0.15) is 15.9 Å². The summed E-state index contributed by atoms with van der Waals surface area (Å²) in [4.78, 5) is 10.8. The van der Waals surface area contributed by atoms with E-state index in [4.69, 9.17) is 14.6 Å². The molecule has 80 valence electrons. The van der Waals surface area contributed by atoms with Crippen LogP contribution in [0.4, 0.5) is 0 Å². The molecule has 0 amide bonds. The molecule has 4 heteroatoms. The van der Waals surface area contributed by atoms with Gasteiger partial charge in [-0.1, -0.05) is 6.07 Å². The summed E-state index contributed by atoms with van der Waals surface area (Å²) in [6.45, 7) is 0.987. The van der Waals surface area contributed by atoms with E-state index in [1.165, 1.54) is 0 Å². The van der Waals surface area contributed by atoms with Crippen LogP contribution in [0.15, 0.2) is 12.1 Å². The molecule has 1 aromatic rings. The number of hydrogen-bond donors (Lipinski definition) is 1. The highest BCUT2D eigenvalue weighted by molar-refractivity contribution is 5.82. The summed E-state index contributed by atoms with van der Waals surface area (Å²) in [6, 6.07) is 3.47. The number of aliphatic hydroxyl groups excluding tert-OH is 1. The van der Waals surface area contributed by atoms with Crippen LogP contribution in [0.25, 0.3) is 0 Å². The van der Waals surface area contributed by atoms with Crippen LogP contribution in [0.5, 0.6) is 11.5 Å². The fraction of sp³-hybridized carbons (Fsp3) is 0.364. The third kappa shape index (κ3) is 1.80. The molecule has 2 rings (SSSR count). The van der Waals surface area contributed by atoms with Gasteiger partial charge in [0.05, 0.1) is 5.56 Å². The van der Waals surface area contributed by atoms with Gasteiger partial charge in [-0.05, 0) is 12.5 Å². The smallest absolute Gasteiger partial charge is 0.172 e. The number of carbonyl (C=O) groups excluding carboxylic acids is 1. The molecule has 1 aromatic carbocycles. The molecule has 1 aliphatic heterocycles. The SMILES string of the molecule is O=Cc1ccc(CCO)c2c1OCCO2. The fourth-order valence-corrected chi connectivity index (χ4v) is 1.62. The molecule has 0 aromatic heterocycles. The second kappa shape index (κ2) is 4.31. The van der Waals surface area contributed by atoms with E-state index in [1.807, 2.05) is 0 Å². The minimum absolute atomic E-state index is 0.0518. The first-order chi connectivity index (χ1) is 7.36. The van der Waals surface area contributed by atoms with Crippen molar-refractivity contribution in [1.29, 1.82) is 0 Å². The van der Waals surface area contributed by atoms with Crippen LogP contribution in [-0.2, 0) is 6.42 Å². The molecule has 0 saturated carbocycles. The molecule has 15 heavy (non-hydrogen) atoms. The summed E-state index contributed by atoms with van der Waals surface area (Å²) in [5.74, 6) is 1.10. The van der Waals surface area contributed by atoms with E-state index in [0.717, 1.165) is 11.8 Å². The van der Waals surface area contributed by atoms with E-state index < -0.39 is 0 Å². The van der Waals surface area contributed by atoms with Gasteiger partial charge in [-0.25, -0.2) is 0 Å². The predicted octanol–water partition coefficient (Wildman–Crippen LogP) is 0.805. The lowest BCUT2D eigenvalue weighted by molar-refractivity contribution is 0.111. The first kappa shape index (κ1) is 9.98. The van der Waals surface area contributed by atoms with Gasteiger partial charge in [-0.2, -0.15) is 0 Å². The Morgan fingerprint density at radius 1 is 1.27 bits per heavy atom. The molecule has 0 radical (unpaired) electrons. The Kier molecular flexibility index (Phi) is 2.87. The van der Waals surface area contributed by atoms with E-state index in [2.05, 4.69) is 0 Å². The van der Waals surface area contributed by atoms with Crippen molar-refractivity contribution in [2.45, 2.75) is 6.42 Å². The summed E-state index contributed by atoms with van der Waals surface area (Å²) in [6.07, 6.45) is 1.25. The molecule has 0 bridgehead atoms. The molecule has 1 aliphatic rings. The molecule has 0 aliphatic carbocycles. The van der Waals surface area contributed by atoms with Gasteiger partial charge in [-0.15, -0.1) is 0 Å². The zero-order chi connectivity index (χ0) is 10.7. The first-order valence-corrected chi connectivity index (χ1v) is 4.84. The highest BCUT2D eigenvalue weighted by Gasteiger charge is 2.19. The van der Waals surface area contributed by atoms with Crippen molar-refractivity contribution in [3.63, 3.8) is 0 Å². The number of hydrogen-bond acceptors (Lipinski definition) is 4. The Hall–Kier alpha value is -1.55. The molecular formula is C11H12O4. The van der Waals surface area contributed by atoms with Crippen molar-refractivity contribution >= 4 is 6.29 Å². The second-order valence-electron chi connectivity index (χ2n) is 3.26. The zero-order valence-electron chi connectivity index (χ0n) is 8.23. The molecule has 0 fully saturated rings. The number of ether oxygens (including phenoxy) is 2. The van der Waals surface area contributed by atoms with E-state index in [-0.39, 0.29) is 6.61 Å². The Labute approximate surface area is 87.4 Å². The van der Waals surface area contributed by atoms with Gasteiger partial charge in [0.15, 0.2) is 17.8 Å². The van der Waals surface area contributed by atoms with Crippen molar-refractivity contribution in [1.82, 2.24) is 0 Å². The molecule has 1 heterocycles. The lowest BCUT2D eigenvalue weighted by Gasteiger charge is -2.22. The van der Waals surface area contributed by atoms with Gasteiger partial charge in [0.2, 0.25) is 0 Å². The number of aldehydes is 1. The summed E-state index contributed by atoms with van der Waals surface area (Å²) in [7, 11) is 0. The summed E-state index contributed by atoms with van der Waals surface area (Å²) < 4.78 is 10.8. The lowest BCUT2D eigenvalue weighted by Crippen LogP contribution is -2.18. The highest BCUT2D eigenvalue weighted by atomic mass is 16.6. The average molecular weight is 208 g/mol. The second-order valence-corrected chi connectivity index (χ2v) is 3.26. The van der Waals surface area contributed by atoms with Crippen LogP contribution in [0.3, 0.4) is 0 Å². The molecule has 0 saturated heterocycles. The van der Waals surface area contributed by atoms with E-state index in [9.17, 15) is 4.79 Å². The number of aliphatic hydroxyl groups is 1. The van der Waals surface area contributed by atoms with E-state index in [0.29, 0.717) is 36.7 Å². The summed E-state index contributed by atoms with van der Waals surface area (Å²) in [5, 5.41) is 8.88. The van der Waals surface area contributed by atoms with Gasteiger partial charge in [0, 0.05) is 12.2 Å². The molecule has 4 nitrogen and oxygen atoms in total. The zero-order valence-corrected chi connectivity index (χ0v) is 8.23. The summed E-state index contributed by atoms with van der Waals surface area (Å²) in [5.41, 5.74) is 1.36. The quantitative estimate of drug-likeness (QED) is 0.747. The van der Waals surface area contributed by atoms with Crippen molar-refractivity contribution < 1.29 is 19.4 Å². The highest BCUT2D eigenvalue weighted by Crippen LogP contribution is 2.36. The Bertz CT molecular complexity index is 373. The topological polar surface area (TPSA) is 55.8 Å². The number of rotatable bonds is 3. The van der Waals surface area contributed by atoms with Gasteiger partial charge in [0.1, 0.15) is 13.2 Å². The summed E-state index contributed by atoms with van der Waals surface area (Å²) >= 11 is 0. The van der Waals surface area contributed by atoms with Crippen LogP contribution >= 0.6 is 0 Å². The molecular weight excluding hydrogens is 196 g/mol. The van der Waals surface area contributed by atoms with Crippen molar-refractivity contribution in [3.8, 4) is 11.5 Å². The van der Waals surface area contributed by atoms with Crippen molar-refractivity contribution in [2.24, 2.45) is 0 Å². The Balaban J connectivity index is 2.47. The molecule has 0 atom stereocenters. The fourth-order valence-electron chi connectivity index (χ4n) is 1.62. The molecule has 0 spiro atoms. The number of benzene rings is 1. The third-order valence-corrected chi connectivity index (χ3v) is 2.31. The maximum Gasteiger partial charge on any atom is 0.172 e. The van der Waals surface area contributed by atoms with Gasteiger partial charge >= 0.3 is 0 Å². The maximum absolute atomic E-state index is 10.8. The monoisotopic (exact) mass is 208 g/mol. The van der Waals surface area contributed by atoms with Gasteiger partial charge in [0.25, 0.3) is 0 Å². The number of carbonyl (C=O) groups is 1. The van der Waals surface area contributed by atoms with Crippen LogP contribution in [0.2, 0.25) is 0 Å². The Morgan fingerprint density at radius 3 is 2.67 bits per heavy atom. The average Bonchev–Trinajstić information content (AvgIpc) is 2.30. The van der Waals surface area contributed by atoms with Gasteiger partial charge in [-0.3, -0.25) is 4.79 Å². The molecule has 1 N–H and O–H groups in total. The maximum atomic E-state index is 10.8. The predicted molar refractivity (Wildman–Crippen MR) is 53.6 cm³/mol. The molecule has 0 unspecified atom stereocenters. The standard InChI is InChI=1S/C11H12O4/c12-4-3-8-1-2-9(7-13)11-10(8)14-5-6-15-11/h1-2,7,12H,3-6H2. The lowest BCUT2D eigenvalue weighted by atomic mass is 10.1. The van der Waals surface area contributed by atoms with Crippen molar-refractivity contribution in [3.05, 3.63) is 23.3 Å². The van der Waals surface area contributed by atoms with Gasteiger partial charge < -0.3 is 14.6 Å². The van der Waals surface area contributed by atoms with Crippen LogP contribution < -0.4 is 9.47 Å². The van der Waals surface area contributed by atoms with Crippen LogP contribution in [-0.4, -0.2) is 31.2 Å². The van der Waals surface area contributed by atoms with E-state index >= 15 is 0 Å². The minimum Gasteiger partial charge on any atom is -0.486 e. The van der Waals surface area contributed by atoms with E-state index in [1.54, 1.807) is 12.1 Å². The first-order valence-electron chi connectivity index (χ1n) is 4.84. The van der Waals surface area contributed by atoms with Crippen LogP contribution in [0, 0.1) is 0 Å². The van der Waals surface area contributed by atoms with Crippen molar-refractivity contribution in [2.75, 3.05) is 19.8 Å². The third-order valence-electron chi connectivity index (χ3n) is 2.31. The number of fused-ring (bicyclic) bond motifs is 1.